The van der Waals surface area contributed by atoms with Crippen LogP contribution in [0.15, 0.2) is 14.9 Å². The van der Waals surface area contributed by atoms with Crippen LogP contribution in [-0.4, -0.2) is 34.2 Å². The number of nitrogens with two attached hydrogens (primary N) is 1. The van der Waals surface area contributed by atoms with Crippen molar-refractivity contribution in [1.82, 2.24) is 15.1 Å². The highest BCUT2D eigenvalue weighted by Gasteiger charge is 2.27. The van der Waals surface area contributed by atoms with Crippen LogP contribution < -0.4 is 5.73 Å². The van der Waals surface area contributed by atoms with Crippen LogP contribution >= 0.6 is 0 Å². The maximum Gasteiger partial charge on any atom is 0.251 e. The maximum absolute atomic E-state index is 6.02. The fourth-order valence-electron chi connectivity index (χ4n) is 2.69. The Bertz CT molecular complexity index is 594. The smallest absolute Gasteiger partial charge is 0.251 e. The van der Waals surface area contributed by atoms with Gasteiger partial charge in [0.1, 0.15) is 11.5 Å². The first-order valence-corrected chi connectivity index (χ1v) is 6.90. The molecule has 0 amide bonds. The summed E-state index contributed by atoms with van der Waals surface area (Å²) >= 11 is 0. The monoisotopic (exact) mass is 276 g/mol. The second-order valence-corrected chi connectivity index (χ2v) is 5.66. The molecule has 20 heavy (non-hydrogen) atoms. The lowest BCUT2D eigenvalue weighted by molar-refractivity contribution is 0.283. The first kappa shape index (κ1) is 13.3. The average Bonchev–Trinajstić information content (AvgIpc) is 3.02. The van der Waals surface area contributed by atoms with Crippen molar-refractivity contribution >= 4 is 0 Å². The van der Waals surface area contributed by atoms with Crippen molar-refractivity contribution in [2.24, 2.45) is 11.7 Å². The molecule has 3 heterocycles. The first-order valence-electron chi connectivity index (χ1n) is 6.90. The summed E-state index contributed by atoms with van der Waals surface area (Å²) in [5, 5.41) is 8.22. The predicted molar refractivity (Wildman–Crippen MR) is 73.9 cm³/mol. The zero-order valence-electron chi connectivity index (χ0n) is 12.1. The molecule has 0 aliphatic carbocycles. The van der Waals surface area contributed by atoms with Gasteiger partial charge >= 0.3 is 0 Å². The van der Waals surface area contributed by atoms with Crippen molar-refractivity contribution in [2.75, 3.05) is 13.1 Å². The van der Waals surface area contributed by atoms with E-state index in [1.165, 1.54) is 0 Å². The van der Waals surface area contributed by atoms with Crippen LogP contribution in [0.2, 0.25) is 0 Å². The second-order valence-electron chi connectivity index (χ2n) is 5.66. The summed E-state index contributed by atoms with van der Waals surface area (Å²) in [5.41, 5.74) is 6.89. The van der Waals surface area contributed by atoms with E-state index >= 15 is 0 Å². The molecular weight excluding hydrogens is 256 g/mol. The summed E-state index contributed by atoms with van der Waals surface area (Å²) < 4.78 is 11.2. The van der Waals surface area contributed by atoms with E-state index in [2.05, 4.69) is 22.0 Å². The van der Waals surface area contributed by atoms with Gasteiger partial charge in [-0.15, -0.1) is 10.2 Å². The second kappa shape index (κ2) is 5.03. The highest BCUT2D eigenvalue weighted by atomic mass is 16.4. The van der Waals surface area contributed by atoms with Gasteiger partial charge in [0.05, 0.1) is 12.1 Å². The molecule has 108 valence electrons. The Kier molecular flexibility index (Phi) is 3.35. The third-order valence-electron chi connectivity index (χ3n) is 3.84. The van der Waals surface area contributed by atoms with Gasteiger partial charge in [0.2, 0.25) is 5.89 Å². The van der Waals surface area contributed by atoms with Crippen molar-refractivity contribution < 1.29 is 8.83 Å². The number of likely N-dealkylation sites (tertiary alicyclic amines) is 1. The van der Waals surface area contributed by atoms with E-state index in [0.717, 1.165) is 30.2 Å². The van der Waals surface area contributed by atoms with Crippen molar-refractivity contribution in [2.45, 2.75) is 33.4 Å². The fraction of sp³-hybridized carbons (Fsp3) is 0.571. The largest absolute Gasteiger partial charge is 0.466 e. The van der Waals surface area contributed by atoms with Gasteiger partial charge < -0.3 is 14.6 Å². The molecule has 1 fully saturated rings. The molecule has 1 saturated heterocycles. The molecular formula is C14H20N4O2. The van der Waals surface area contributed by atoms with Crippen LogP contribution in [0.25, 0.3) is 11.5 Å². The standard InChI is InChI=1S/C14H20N4O2/c1-8-5-18(6-12(8)15)7-13-16-17-14(20-13)11-4-9(2)19-10(11)3/h4,8,12H,5-7,15H2,1-3H3. The quantitative estimate of drug-likeness (QED) is 0.919. The molecule has 6 heteroatoms. The third kappa shape index (κ3) is 2.48. The lowest BCUT2D eigenvalue weighted by Crippen LogP contribution is -2.28. The van der Waals surface area contributed by atoms with E-state index in [1.54, 1.807) is 0 Å². The summed E-state index contributed by atoms with van der Waals surface area (Å²) in [6.07, 6.45) is 0. The van der Waals surface area contributed by atoms with Crippen LogP contribution in [0.4, 0.5) is 0 Å². The maximum atomic E-state index is 6.02. The molecule has 0 spiro atoms. The van der Waals surface area contributed by atoms with Crippen LogP contribution in [0, 0.1) is 19.8 Å². The number of hydrogen-bond donors (Lipinski definition) is 1. The van der Waals surface area contributed by atoms with Crippen LogP contribution in [0.1, 0.15) is 24.3 Å². The van der Waals surface area contributed by atoms with E-state index < -0.39 is 0 Å². The van der Waals surface area contributed by atoms with E-state index in [-0.39, 0.29) is 6.04 Å². The van der Waals surface area contributed by atoms with Gasteiger partial charge in [-0.3, -0.25) is 4.90 Å². The van der Waals surface area contributed by atoms with Gasteiger partial charge in [0, 0.05) is 19.1 Å². The Hall–Kier alpha value is -1.66. The van der Waals surface area contributed by atoms with Gasteiger partial charge in [-0.05, 0) is 25.8 Å². The summed E-state index contributed by atoms with van der Waals surface area (Å²) in [7, 11) is 0. The number of nitrogens with zero attached hydrogens (tertiary/aromatic N) is 3. The normalized spacial score (nSPS) is 23.6. The van der Waals surface area contributed by atoms with E-state index in [1.807, 2.05) is 19.9 Å². The van der Waals surface area contributed by atoms with Crippen molar-refractivity contribution in [3.05, 3.63) is 23.5 Å². The van der Waals surface area contributed by atoms with E-state index in [4.69, 9.17) is 14.6 Å². The summed E-state index contributed by atoms with van der Waals surface area (Å²) in [6, 6.07) is 2.15. The van der Waals surface area contributed by atoms with Gasteiger partial charge in [-0.2, -0.15) is 0 Å². The molecule has 2 aromatic heterocycles. The Labute approximate surface area is 117 Å². The minimum atomic E-state index is 0.233. The van der Waals surface area contributed by atoms with Gasteiger partial charge in [-0.1, -0.05) is 6.92 Å². The van der Waals surface area contributed by atoms with Gasteiger partial charge in [0.15, 0.2) is 0 Å². The molecule has 0 radical (unpaired) electrons. The summed E-state index contributed by atoms with van der Waals surface area (Å²) in [6.45, 7) is 8.47. The van der Waals surface area contributed by atoms with Crippen LogP contribution in [0.5, 0.6) is 0 Å². The number of furan rings is 1. The highest BCUT2D eigenvalue weighted by Crippen LogP contribution is 2.26. The SMILES string of the molecule is Cc1cc(-c2nnc(CN3CC(C)C(N)C3)o2)c(C)o1. The van der Waals surface area contributed by atoms with Crippen LogP contribution in [-0.2, 0) is 6.54 Å². The molecule has 2 N–H and O–H groups in total. The highest BCUT2D eigenvalue weighted by molar-refractivity contribution is 5.55. The predicted octanol–water partition coefficient (Wildman–Crippen LogP) is 1.73. The fourth-order valence-corrected chi connectivity index (χ4v) is 2.69. The molecule has 0 saturated carbocycles. The molecule has 2 aromatic rings. The molecule has 3 rings (SSSR count). The Morgan fingerprint density at radius 3 is 2.70 bits per heavy atom. The molecule has 1 aliphatic rings. The summed E-state index contributed by atoms with van der Waals surface area (Å²) in [4.78, 5) is 2.25. The number of aromatic nitrogens is 2. The van der Waals surface area contributed by atoms with Crippen molar-refractivity contribution in [3.8, 4) is 11.5 Å². The minimum absolute atomic E-state index is 0.233. The topological polar surface area (TPSA) is 81.3 Å². The molecule has 1 aliphatic heterocycles. The van der Waals surface area contributed by atoms with Gasteiger partial charge in [0.25, 0.3) is 5.89 Å². The molecule has 2 unspecified atom stereocenters. The third-order valence-corrected chi connectivity index (χ3v) is 3.84. The Morgan fingerprint density at radius 1 is 1.30 bits per heavy atom. The van der Waals surface area contributed by atoms with Crippen LogP contribution in [0.3, 0.4) is 0 Å². The molecule has 0 aromatic carbocycles. The number of aryl methyl sites for hydroxylation is 2. The summed E-state index contributed by atoms with van der Waals surface area (Å²) in [5.74, 6) is 3.30. The zero-order valence-corrected chi connectivity index (χ0v) is 12.1. The van der Waals surface area contributed by atoms with Crippen molar-refractivity contribution in [1.29, 1.82) is 0 Å². The number of rotatable bonds is 3. The zero-order chi connectivity index (χ0) is 14.3. The van der Waals surface area contributed by atoms with E-state index in [0.29, 0.717) is 24.2 Å². The lowest BCUT2D eigenvalue weighted by Gasteiger charge is -2.11. The average molecular weight is 276 g/mol. The van der Waals surface area contributed by atoms with E-state index in [9.17, 15) is 0 Å². The Balaban J connectivity index is 1.73. The molecule has 2 atom stereocenters. The first-order chi connectivity index (χ1) is 9.52. The molecule has 0 bridgehead atoms. The Morgan fingerprint density at radius 2 is 2.10 bits per heavy atom. The minimum Gasteiger partial charge on any atom is -0.466 e. The lowest BCUT2D eigenvalue weighted by atomic mass is 10.1. The van der Waals surface area contributed by atoms with Gasteiger partial charge in [-0.25, -0.2) is 0 Å². The number of hydrogen-bond acceptors (Lipinski definition) is 6. The molecule has 6 nitrogen and oxygen atoms in total. The van der Waals surface area contributed by atoms with Crippen molar-refractivity contribution in [3.63, 3.8) is 0 Å².